The summed E-state index contributed by atoms with van der Waals surface area (Å²) in [5, 5.41) is 2.42. The Bertz CT molecular complexity index is 3840. The molecule has 0 saturated carbocycles. The van der Waals surface area contributed by atoms with Crippen molar-refractivity contribution in [1.82, 2.24) is 0 Å². The van der Waals surface area contributed by atoms with Crippen LogP contribution in [-0.4, -0.2) is 0 Å². The fourth-order valence-electron chi connectivity index (χ4n) is 14.2. The molecule has 0 N–H and O–H groups in total. The molecular formula is C83H88N2. The molecule has 2 nitrogen and oxygen atoms in total. The van der Waals surface area contributed by atoms with Gasteiger partial charge in [-0.25, -0.2) is 0 Å². The van der Waals surface area contributed by atoms with Crippen LogP contribution in [0.1, 0.15) is 167 Å². The molecule has 0 heterocycles. The molecule has 0 aromatic heterocycles. The van der Waals surface area contributed by atoms with Gasteiger partial charge >= 0.3 is 0 Å². The number of benzene rings is 9. The average molecular weight is 1110 g/mol. The van der Waals surface area contributed by atoms with Crippen molar-refractivity contribution in [2.75, 3.05) is 9.80 Å². The Balaban J connectivity index is 0.860. The molecule has 2 heteroatoms. The van der Waals surface area contributed by atoms with Crippen molar-refractivity contribution in [1.29, 1.82) is 0 Å². The molecule has 12 rings (SSSR count). The quantitative estimate of drug-likeness (QED) is 0.0557. The van der Waals surface area contributed by atoms with Crippen molar-refractivity contribution in [3.05, 3.63) is 274 Å². The Labute approximate surface area is 509 Å². The fraction of sp³-hybridized carbons (Fsp3) is 0.301. The molecule has 3 aliphatic rings. The molecule has 0 amide bonds. The summed E-state index contributed by atoms with van der Waals surface area (Å²) in [5.41, 5.74) is 28.4. The minimum atomic E-state index is 0.0447. The van der Waals surface area contributed by atoms with E-state index >= 15 is 0 Å². The Morgan fingerprint density at radius 3 is 1.60 bits per heavy atom. The molecule has 0 fully saturated rings. The average Bonchev–Trinajstić information content (AvgIpc) is 1.91. The molecule has 9 aromatic carbocycles. The molecule has 3 aliphatic carbocycles. The molecule has 0 unspecified atom stereocenters. The van der Waals surface area contributed by atoms with Crippen LogP contribution in [0.4, 0.5) is 34.1 Å². The maximum absolute atomic E-state index is 4.39. The van der Waals surface area contributed by atoms with Crippen LogP contribution < -0.4 is 9.80 Å². The standard InChI is InChI=1S/C83H88N2/c1-7-9-14-53-83(54-15-10-8-2)81-55-60(5)27-50-79(81)80-52-39-71(58-82(80)83)66-34-46-75(47-35-66)85(73-42-30-63(31-43-73)21-17-24-67-25-18-26-68-38-51-78(67)68)77-49-37-69-56-76(48-36-70(69)57-77)84(74-44-32-64(33-45-74)59(3)4)72-40-28-62(29-41-72)20-16-23-65-22-13-11-12-19-61(65)6/h11,13,18,22,25-37,39-50,52,55-59H,6-10,12,14-17,19-21,23-24,38,51,53-54H2,1-5H3. The van der Waals surface area contributed by atoms with Crippen LogP contribution in [0.25, 0.3) is 33.0 Å². The molecule has 0 aliphatic heterocycles. The molecule has 0 spiro atoms. The van der Waals surface area contributed by atoms with Crippen LogP contribution in [0.3, 0.4) is 0 Å². The van der Waals surface area contributed by atoms with Gasteiger partial charge in [0.1, 0.15) is 0 Å². The predicted molar refractivity (Wildman–Crippen MR) is 366 cm³/mol. The minimum absolute atomic E-state index is 0.0447. The Morgan fingerprint density at radius 2 is 1.02 bits per heavy atom. The molecule has 0 atom stereocenters. The third-order valence-corrected chi connectivity index (χ3v) is 19.3. The number of hydrogen-bond donors (Lipinski definition) is 0. The van der Waals surface area contributed by atoms with Crippen LogP contribution in [0.5, 0.6) is 0 Å². The molecule has 0 bridgehead atoms. The van der Waals surface area contributed by atoms with E-state index < -0.39 is 0 Å². The number of hydrogen-bond acceptors (Lipinski definition) is 2. The summed E-state index contributed by atoms with van der Waals surface area (Å²) >= 11 is 0. The largest absolute Gasteiger partial charge is 0.310 e. The maximum Gasteiger partial charge on any atom is 0.0468 e. The molecule has 9 aromatic rings. The first-order chi connectivity index (χ1) is 41.7. The summed E-state index contributed by atoms with van der Waals surface area (Å²) in [4.78, 5) is 4.89. The minimum Gasteiger partial charge on any atom is -0.310 e. The Morgan fingerprint density at radius 1 is 0.482 bits per heavy atom. The first-order valence-corrected chi connectivity index (χ1v) is 32.6. The summed E-state index contributed by atoms with van der Waals surface area (Å²) in [6.07, 6.45) is 27.9. The van der Waals surface area contributed by atoms with E-state index in [1.807, 2.05) is 0 Å². The lowest BCUT2D eigenvalue weighted by Crippen LogP contribution is -2.25. The topological polar surface area (TPSA) is 6.48 Å². The van der Waals surface area contributed by atoms with Crippen molar-refractivity contribution in [3.63, 3.8) is 0 Å². The summed E-state index contributed by atoms with van der Waals surface area (Å²) in [5.74, 6) is 0.462. The van der Waals surface area contributed by atoms with E-state index in [2.05, 4.69) is 257 Å². The highest BCUT2D eigenvalue weighted by atomic mass is 15.1. The van der Waals surface area contributed by atoms with Gasteiger partial charge in [0.15, 0.2) is 0 Å². The van der Waals surface area contributed by atoms with Gasteiger partial charge in [0.2, 0.25) is 0 Å². The number of nitrogens with zero attached hydrogens (tertiary/aromatic N) is 2. The normalized spacial score (nSPS) is 14.0. The highest BCUT2D eigenvalue weighted by molar-refractivity contribution is 5.93. The lowest BCUT2D eigenvalue weighted by molar-refractivity contribution is 0.405. The Kier molecular flexibility index (Phi) is 17.7. The van der Waals surface area contributed by atoms with Crippen molar-refractivity contribution in [2.45, 2.75) is 162 Å². The van der Waals surface area contributed by atoms with E-state index in [4.69, 9.17) is 0 Å². The first kappa shape index (κ1) is 57.5. The second-order valence-corrected chi connectivity index (χ2v) is 25.3. The zero-order chi connectivity index (χ0) is 58.3. The predicted octanol–water partition coefficient (Wildman–Crippen LogP) is 23.7. The summed E-state index contributed by atoms with van der Waals surface area (Å²) in [6.45, 7) is 15.9. The van der Waals surface area contributed by atoms with Crippen molar-refractivity contribution in [2.24, 2.45) is 0 Å². The third-order valence-electron chi connectivity index (χ3n) is 19.3. The second-order valence-electron chi connectivity index (χ2n) is 25.3. The monoisotopic (exact) mass is 1110 g/mol. The third kappa shape index (κ3) is 12.4. The summed E-state index contributed by atoms with van der Waals surface area (Å²) in [7, 11) is 0. The highest BCUT2D eigenvalue weighted by Crippen LogP contribution is 2.55. The fourth-order valence-corrected chi connectivity index (χ4v) is 14.2. The molecule has 0 radical (unpaired) electrons. The zero-order valence-corrected chi connectivity index (χ0v) is 51.5. The maximum atomic E-state index is 4.39. The van der Waals surface area contributed by atoms with E-state index in [0.29, 0.717) is 5.92 Å². The van der Waals surface area contributed by atoms with Gasteiger partial charge in [-0.15, -0.1) is 0 Å². The zero-order valence-electron chi connectivity index (χ0n) is 51.5. The van der Waals surface area contributed by atoms with Gasteiger partial charge in [-0.05, 0) is 252 Å². The smallest absolute Gasteiger partial charge is 0.0468 e. The SMILES string of the molecule is C=C1CCC=CC=C1CCCc1ccc(N(c2ccc(C(C)C)cc2)c2ccc3cc(N(c4ccc(CCCc5cccc6c5CC6)cc4)c4ccc(-c5ccc6c(c5)C(CCCCC)(CCCCC)c5cc(C)ccc5-6)cc4)ccc3c2)cc1. The summed E-state index contributed by atoms with van der Waals surface area (Å²) in [6, 6.07) is 73.0. The van der Waals surface area contributed by atoms with Gasteiger partial charge in [-0.2, -0.15) is 0 Å². The van der Waals surface area contributed by atoms with Gasteiger partial charge in [-0.3, -0.25) is 0 Å². The highest BCUT2D eigenvalue weighted by Gasteiger charge is 2.42. The van der Waals surface area contributed by atoms with Crippen LogP contribution >= 0.6 is 0 Å². The lowest BCUT2D eigenvalue weighted by atomic mass is 9.70. The second kappa shape index (κ2) is 26.1. The van der Waals surface area contributed by atoms with E-state index in [-0.39, 0.29) is 5.41 Å². The van der Waals surface area contributed by atoms with Crippen molar-refractivity contribution in [3.8, 4) is 22.3 Å². The van der Waals surface area contributed by atoms with Crippen LogP contribution in [-0.2, 0) is 37.5 Å². The number of anilines is 6. The van der Waals surface area contributed by atoms with Crippen LogP contribution in [0.2, 0.25) is 0 Å². The van der Waals surface area contributed by atoms with Crippen LogP contribution in [0.15, 0.2) is 224 Å². The van der Waals surface area contributed by atoms with Gasteiger partial charge < -0.3 is 9.80 Å². The first-order valence-electron chi connectivity index (χ1n) is 32.6. The van der Waals surface area contributed by atoms with Crippen molar-refractivity contribution >= 4 is 44.9 Å². The Hall–Kier alpha value is -7.94. The van der Waals surface area contributed by atoms with E-state index in [1.165, 1.54) is 131 Å². The molecule has 430 valence electrons. The molecule has 85 heavy (non-hydrogen) atoms. The van der Waals surface area contributed by atoms with E-state index in [1.54, 1.807) is 27.8 Å². The molecule has 0 saturated heterocycles. The van der Waals surface area contributed by atoms with E-state index in [0.717, 1.165) is 85.5 Å². The molecular weight excluding hydrogens is 1020 g/mol. The lowest BCUT2D eigenvalue weighted by Gasteiger charge is -2.33. The van der Waals surface area contributed by atoms with Crippen molar-refractivity contribution < 1.29 is 0 Å². The number of unbranched alkanes of at least 4 members (excludes halogenated alkanes) is 4. The van der Waals surface area contributed by atoms with Crippen LogP contribution in [0, 0.1) is 6.92 Å². The van der Waals surface area contributed by atoms with E-state index in [9.17, 15) is 0 Å². The van der Waals surface area contributed by atoms with Gasteiger partial charge in [0, 0.05) is 39.5 Å². The summed E-state index contributed by atoms with van der Waals surface area (Å²) < 4.78 is 0. The number of aryl methyl sites for hydroxylation is 5. The number of fused-ring (bicyclic) bond motifs is 5. The van der Waals surface area contributed by atoms with Gasteiger partial charge in [-0.1, -0.05) is 211 Å². The number of rotatable bonds is 24. The van der Waals surface area contributed by atoms with Gasteiger partial charge in [0.05, 0.1) is 0 Å². The van der Waals surface area contributed by atoms with Gasteiger partial charge in [0.25, 0.3) is 0 Å². The number of allylic oxidation sites excluding steroid dienone is 5.